The molecule has 0 saturated heterocycles. The van der Waals surface area contributed by atoms with Crippen LogP contribution in [0.5, 0.6) is 5.75 Å². The summed E-state index contributed by atoms with van der Waals surface area (Å²) < 4.78 is 38.6. The van der Waals surface area contributed by atoms with E-state index in [9.17, 15) is 18.0 Å². The van der Waals surface area contributed by atoms with Crippen molar-refractivity contribution in [1.29, 1.82) is 0 Å². The maximum absolute atomic E-state index is 13.6. The fourth-order valence-electron chi connectivity index (χ4n) is 3.44. The zero-order valence-corrected chi connectivity index (χ0v) is 20.9. The number of carbonyl (C=O) groups excluding carboxylic acids is 2. The normalized spacial score (nSPS) is 11.0. The highest BCUT2D eigenvalue weighted by atomic mass is 32.2. The highest BCUT2D eigenvalue weighted by molar-refractivity contribution is 7.92. The van der Waals surface area contributed by atoms with Crippen molar-refractivity contribution in [3.63, 3.8) is 0 Å². The first-order valence-corrected chi connectivity index (χ1v) is 12.4. The summed E-state index contributed by atoms with van der Waals surface area (Å²) in [6.45, 7) is 5.08. The molecule has 3 rings (SSSR count). The van der Waals surface area contributed by atoms with Gasteiger partial charge in [-0.3, -0.25) is 9.10 Å². The number of methoxy groups -OCH3 is 1. The third kappa shape index (κ3) is 5.99. The van der Waals surface area contributed by atoms with E-state index in [2.05, 4.69) is 5.32 Å². The fraction of sp³-hybridized carbons (Fsp3) is 0.231. The Labute approximate surface area is 205 Å². The number of para-hydroxylation sites is 2. The van der Waals surface area contributed by atoms with Crippen molar-refractivity contribution in [3.05, 3.63) is 83.4 Å². The third-order valence-corrected chi connectivity index (χ3v) is 7.04. The molecule has 0 aromatic heterocycles. The lowest BCUT2D eigenvalue weighted by Crippen LogP contribution is -2.38. The molecule has 0 fully saturated rings. The first-order valence-electron chi connectivity index (χ1n) is 11.0. The summed E-state index contributed by atoms with van der Waals surface area (Å²) >= 11 is 0. The number of carbonyl (C=O) groups is 2. The SMILES string of the molecule is CCOC(=O)c1ccc(NC(=O)CN(c2ccccc2OC)S(=O)(=O)c2ccc(C)cc2)c(C)c1. The van der Waals surface area contributed by atoms with E-state index in [1.54, 1.807) is 68.4 Å². The number of nitrogens with zero attached hydrogens (tertiary/aromatic N) is 1. The lowest BCUT2D eigenvalue weighted by molar-refractivity contribution is -0.114. The Morgan fingerprint density at radius 1 is 0.971 bits per heavy atom. The summed E-state index contributed by atoms with van der Waals surface area (Å²) in [6, 6.07) is 17.7. The molecular weight excluding hydrogens is 468 g/mol. The van der Waals surface area contributed by atoms with Gasteiger partial charge in [0.25, 0.3) is 10.0 Å². The van der Waals surface area contributed by atoms with Gasteiger partial charge in [0.15, 0.2) is 0 Å². The minimum Gasteiger partial charge on any atom is -0.495 e. The largest absolute Gasteiger partial charge is 0.495 e. The van der Waals surface area contributed by atoms with Gasteiger partial charge >= 0.3 is 5.97 Å². The topological polar surface area (TPSA) is 102 Å². The molecule has 184 valence electrons. The number of hydrogen-bond acceptors (Lipinski definition) is 6. The van der Waals surface area contributed by atoms with Crippen LogP contribution in [0.15, 0.2) is 71.6 Å². The Bertz CT molecular complexity index is 1320. The smallest absolute Gasteiger partial charge is 0.338 e. The number of nitrogens with one attached hydrogen (secondary N) is 1. The van der Waals surface area contributed by atoms with E-state index >= 15 is 0 Å². The second-order valence-electron chi connectivity index (χ2n) is 7.79. The van der Waals surface area contributed by atoms with Gasteiger partial charge in [0.1, 0.15) is 12.3 Å². The van der Waals surface area contributed by atoms with Crippen LogP contribution in [-0.2, 0) is 19.6 Å². The molecule has 3 aromatic carbocycles. The van der Waals surface area contributed by atoms with Crippen molar-refractivity contribution in [1.82, 2.24) is 0 Å². The van der Waals surface area contributed by atoms with Gasteiger partial charge in [-0.25, -0.2) is 13.2 Å². The Hall–Kier alpha value is -3.85. The van der Waals surface area contributed by atoms with Gasteiger partial charge in [0.05, 0.1) is 29.9 Å². The third-order valence-electron chi connectivity index (χ3n) is 5.26. The number of ether oxygens (including phenoxy) is 2. The van der Waals surface area contributed by atoms with Gasteiger partial charge in [0.2, 0.25) is 5.91 Å². The van der Waals surface area contributed by atoms with Crippen molar-refractivity contribution >= 4 is 33.3 Å². The van der Waals surface area contributed by atoms with E-state index in [1.165, 1.54) is 19.2 Å². The van der Waals surface area contributed by atoms with Crippen LogP contribution < -0.4 is 14.4 Å². The molecule has 0 spiro atoms. The van der Waals surface area contributed by atoms with Gasteiger partial charge in [-0.2, -0.15) is 0 Å². The van der Waals surface area contributed by atoms with E-state index < -0.39 is 28.4 Å². The molecule has 0 aliphatic carbocycles. The molecule has 0 radical (unpaired) electrons. The maximum Gasteiger partial charge on any atom is 0.338 e. The van der Waals surface area contributed by atoms with Crippen molar-refractivity contribution in [2.24, 2.45) is 0 Å². The van der Waals surface area contributed by atoms with Crippen LogP contribution in [0, 0.1) is 13.8 Å². The van der Waals surface area contributed by atoms with Crippen molar-refractivity contribution in [2.75, 3.05) is 29.9 Å². The zero-order chi connectivity index (χ0) is 25.6. The van der Waals surface area contributed by atoms with Crippen LogP contribution >= 0.6 is 0 Å². The number of sulfonamides is 1. The number of rotatable bonds is 9. The number of amides is 1. The average molecular weight is 497 g/mol. The summed E-state index contributed by atoms with van der Waals surface area (Å²) in [6.07, 6.45) is 0. The standard InChI is InChI=1S/C26H28N2O6S/c1-5-34-26(30)20-12-15-22(19(3)16-20)27-25(29)17-28(23-8-6-7-9-24(23)33-4)35(31,32)21-13-10-18(2)11-14-21/h6-16H,5,17H2,1-4H3,(H,27,29). The second-order valence-corrected chi connectivity index (χ2v) is 9.66. The predicted molar refractivity (Wildman–Crippen MR) is 134 cm³/mol. The Balaban J connectivity index is 1.93. The summed E-state index contributed by atoms with van der Waals surface area (Å²) in [4.78, 5) is 25.1. The van der Waals surface area contributed by atoms with Crippen molar-refractivity contribution < 1.29 is 27.5 Å². The monoisotopic (exact) mass is 496 g/mol. The van der Waals surface area contributed by atoms with Gasteiger partial charge in [-0.15, -0.1) is 0 Å². The summed E-state index contributed by atoms with van der Waals surface area (Å²) in [5, 5.41) is 2.74. The molecule has 0 atom stereocenters. The number of hydrogen-bond donors (Lipinski definition) is 1. The van der Waals surface area contributed by atoms with Crippen molar-refractivity contribution in [2.45, 2.75) is 25.7 Å². The second kappa shape index (κ2) is 11.1. The number of esters is 1. The molecule has 8 nitrogen and oxygen atoms in total. The summed E-state index contributed by atoms with van der Waals surface area (Å²) in [5.74, 6) is -0.704. The zero-order valence-electron chi connectivity index (χ0n) is 20.1. The Morgan fingerprint density at radius 2 is 1.66 bits per heavy atom. The Morgan fingerprint density at radius 3 is 2.29 bits per heavy atom. The minimum absolute atomic E-state index is 0.0526. The first kappa shape index (κ1) is 25.8. The molecule has 1 N–H and O–H groups in total. The first-order chi connectivity index (χ1) is 16.7. The van der Waals surface area contributed by atoms with Gasteiger partial charge in [-0.05, 0) is 68.8 Å². The Kier molecular flexibility index (Phi) is 8.14. The fourth-order valence-corrected chi connectivity index (χ4v) is 4.87. The van der Waals surface area contributed by atoms with E-state index in [-0.39, 0.29) is 17.2 Å². The quantitative estimate of drug-likeness (QED) is 0.443. The van der Waals surface area contributed by atoms with Gasteiger partial charge < -0.3 is 14.8 Å². The molecular formula is C26H28N2O6S. The maximum atomic E-state index is 13.6. The lowest BCUT2D eigenvalue weighted by atomic mass is 10.1. The van der Waals surface area contributed by atoms with Crippen LogP contribution in [-0.4, -0.2) is 40.6 Å². The van der Waals surface area contributed by atoms with Crippen LogP contribution in [0.1, 0.15) is 28.4 Å². The summed E-state index contributed by atoms with van der Waals surface area (Å²) in [5.41, 5.74) is 2.59. The highest BCUT2D eigenvalue weighted by Gasteiger charge is 2.29. The lowest BCUT2D eigenvalue weighted by Gasteiger charge is -2.25. The summed E-state index contributed by atoms with van der Waals surface area (Å²) in [7, 11) is -2.66. The molecule has 0 bridgehead atoms. The van der Waals surface area contributed by atoms with Crippen LogP contribution in [0.25, 0.3) is 0 Å². The molecule has 9 heteroatoms. The van der Waals surface area contributed by atoms with Gasteiger partial charge in [0, 0.05) is 5.69 Å². The van der Waals surface area contributed by atoms with Crippen LogP contribution in [0.4, 0.5) is 11.4 Å². The van der Waals surface area contributed by atoms with Crippen molar-refractivity contribution in [3.8, 4) is 5.75 Å². The number of anilines is 2. The van der Waals surface area contributed by atoms with E-state index in [4.69, 9.17) is 9.47 Å². The van der Waals surface area contributed by atoms with E-state index in [0.717, 1.165) is 9.87 Å². The molecule has 35 heavy (non-hydrogen) atoms. The molecule has 0 aliphatic rings. The highest BCUT2D eigenvalue weighted by Crippen LogP contribution is 2.32. The number of benzene rings is 3. The minimum atomic E-state index is -4.09. The molecule has 0 aliphatic heterocycles. The van der Waals surface area contributed by atoms with Gasteiger partial charge in [-0.1, -0.05) is 29.8 Å². The van der Waals surface area contributed by atoms with Crippen LogP contribution in [0.3, 0.4) is 0 Å². The molecule has 1 amide bonds. The van der Waals surface area contributed by atoms with E-state index in [0.29, 0.717) is 22.6 Å². The predicted octanol–water partition coefficient (Wildman–Crippen LogP) is 4.32. The van der Waals surface area contributed by atoms with E-state index in [1.807, 2.05) is 6.92 Å². The molecule has 0 saturated carbocycles. The molecule has 0 heterocycles. The molecule has 0 unspecified atom stereocenters. The van der Waals surface area contributed by atoms with Crippen LogP contribution in [0.2, 0.25) is 0 Å². The number of aryl methyl sites for hydroxylation is 2. The molecule has 3 aromatic rings. The average Bonchev–Trinajstić information content (AvgIpc) is 2.84.